The first-order valence-corrected chi connectivity index (χ1v) is 4.81. The Morgan fingerprint density at radius 2 is 1.14 bits per heavy atom. The lowest BCUT2D eigenvalue weighted by atomic mass is 10.6. The zero-order valence-corrected chi connectivity index (χ0v) is 10.8. The second-order valence-corrected chi connectivity index (χ2v) is 3.10. The molecule has 0 aromatic carbocycles. The Kier molecular flexibility index (Phi) is 11.8. The number of aliphatic carboxylic acids is 2. The average molecular weight is 346 g/mol. The molecule has 1 amide bonds. The molecular formula is C8H12F6N2O6. The van der Waals surface area contributed by atoms with Crippen molar-refractivity contribution in [3.8, 4) is 0 Å². The van der Waals surface area contributed by atoms with Gasteiger partial charge in [-0.2, -0.15) is 26.3 Å². The number of hydrogen-bond donors (Lipinski definition) is 4. The van der Waals surface area contributed by atoms with Crippen molar-refractivity contribution in [2.45, 2.75) is 12.4 Å². The molecule has 14 heteroatoms. The van der Waals surface area contributed by atoms with Crippen LogP contribution in [-0.2, 0) is 9.59 Å². The molecule has 0 unspecified atom stereocenters. The van der Waals surface area contributed by atoms with Crippen LogP contribution in [0.15, 0.2) is 0 Å². The molecule has 8 nitrogen and oxygen atoms in total. The van der Waals surface area contributed by atoms with Crippen molar-refractivity contribution in [2.24, 2.45) is 5.73 Å². The molecule has 0 aliphatic heterocycles. The molecular weight excluding hydrogens is 334 g/mol. The Balaban J connectivity index is -0.000000247. The number of nitrogens with zero attached hydrogens (tertiary/aromatic N) is 1. The quantitative estimate of drug-likeness (QED) is 0.542. The molecule has 5 N–H and O–H groups in total. The minimum atomic E-state index is -5.08. The number of rotatable bonds is 2. The summed E-state index contributed by atoms with van der Waals surface area (Å²) in [5.74, 6) is -5.51. The monoisotopic (exact) mass is 346 g/mol. The van der Waals surface area contributed by atoms with Crippen molar-refractivity contribution < 1.29 is 56.0 Å². The van der Waals surface area contributed by atoms with E-state index in [-0.39, 0.29) is 0 Å². The van der Waals surface area contributed by atoms with E-state index in [2.05, 4.69) is 0 Å². The summed E-state index contributed by atoms with van der Waals surface area (Å²) in [7, 11) is 1.48. The minimum absolute atomic E-state index is 0.378. The Bertz CT molecular complexity index is 345. The molecule has 0 rings (SSSR count). The molecule has 0 saturated carbocycles. The predicted octanol–water partition coefficient (Wildman–Crippen LogP) is 0.822. The lowest BCUT2D eigenvalue weighted by Crippen LogP contribution is -2.29. The van der Waals surface area contributed by atoms with Crippen LogP contribution in [0.25, 0.3) is 0 Å². The predicted molar refractivity (Wildman–Crippen MR) is 57.1 cm³/mol. The van der Waals surface area contributed by atoms with Crippen molar-refractivity contribution in [1.29, 1.82) is 0 Å². The van der Waals surface area contributed by atoms with Crippen molar-refractivity contribution >= 4 is 18.0 Å². The first-order chi connectivity index (χ1) is 9.57. The number of hydrogen-bond acceptors (Lipinski definition) is 4. The third kappa shape index (κ3) is 17.8. The van der Waals surface area contributed by atoms with Gasteiger partial charge in [-0.05, 0) is 0 Å². The van der Waals surface area contributed by atoms with Gasteiger partial charge in [0.2, 0.25) is 0 Å². The van der Waals surface area contributed by atoms with Crippen LogP contribution < -0.4 is 5.73 Å². The molecule has 0 radical (unpaired) electrons. The molecule has 0 aromatic rings. The number of amides is 1. The number of nitrogens with two attached hydrogens (primary N) is 1. The van der Waals surface area contributed by atoms with Crippen LogP contribution in [0.1, 0.15) is 0 Å². The van der Waals surface area contributed by atoms with E-state index in [0.717, 1.165) is 4.90 Å². The normalized spacial score (nSPS) is 10.4. The zero-order chi connectivity index (χ0) is 18.7. The van der Waals surface area contributed by atoms with Gasteiger partial charge in [0.25, 0.3) is 0 Å². The van der Waals surface area contributed by atoms with E-state index < -0.39 is 30.4 Å². The van der Waals surface area contributed by atoms with E-state index >= 15 is 0 Å². The van der Waals surface area contributed by atoms with Gasteiger partial charge in [-0.25, -0.2) is 14.4 Å². The smallest absolute Gasteiger partial charge is 0.475 e. The van der Waals surface area contributed by atoms with Crippen molar-refractivity contribution in [2.75, 3.05) is 20.1 Å². The molecule has 0 heterocycles. The van der Waals surface area contributed by atoms with E-state index in [1.165, 1.54) is 7.05 Å². The minimum Gasteiger partial charge on any atom is -0.475 e. The highest BCUT2D eigenvalue weighted by Gasteiger charge is 2.38. The summed E-state index contributed by atoms with van der Waals surface area (Å²) in [6.45, 7) is 0.776. The highest BCUT2D eigenvalue weighted by molar-refractivity contribution is 5.73. The van der Waals surface area contributed by atoms with Crippen LogP contribution in [0.2, 0.25) is 0 Å². The van der Waals surface area contributed by atoms with Gasteiger partial charge in [0.1, 0.15) is 0 Å². The maximum Gasteiger partial charge on any atom is 0.490 e. The third-order valence-electron chi connectivity index (χ3n) is 1.28. The van der Waals surface area contributed by atoms with E-state index in [1.54, 1.807) is 0 Å². The van der Waals surface area contributed by atoms with Crippen molar-refractivity contribution in [3.05, 3.63) is 0 Å². The fourth-order valence-electron chi connectivity index (χ4n) is 0.289. The average Bonchev–Trinajstić information content (AvgIpc) is 2.28. The van der Waals surface area contributed by atoms with Crippen molar-refractivity contribution in [1.82, 2.24) is 4.90 Å². The molecule has 0 atom stereocenters. The fraction of sp³-hybridized carbons (Fsp3) is 0.625. The summed E-state index contributed by atoms with van der Waals surface area (Å²) < 4.78 is 63.5. The van der Waals surface area contributed by atoms with E-state index in [1.807, 2.05) is 0 Å². The lowest BCUT2D eigenvalue weighted by molar-refractivity contribution is -0.193. The van der Waals surface area contributed by atoms with Gasteiger partial charge in [-0.15, -0.1) is 0 Å². The van der Waals surface area contributed by atoms with Gasteiger partial charge in [0, 0.05) is 20.1 Å². The van der Waals surface area contributed by atoms with Crippen LogP contribution >= 0.6 is 0 Å². The van der Waals surface area contributed by atoms with Crippen LogP contribution in [0, 0.1) is 0 Å². The second-order valence-electron chi connectivity index (χ2n) is 3.10. The maximum atomic E-state index is 10.6. The largest absolute Gasteiger partial charge is 0.490 e. The SMILES string of the molecule is CN(CCN)C(=O)O.O=C(O)C(F)(F)F.O=C(O)C(F)(F)F. The molecule has 0 spiro atoms. The summed E-state index contributed by atoms with van der Waals surface area (Å²) in [4.78, 5) is 28.9. The Hall–Kier alpha value is -2.25. The van der Waals surface area contributed by atoms with Crippen molar-refractivity contribution in [3.63, 3.8) is 0 Å². The summed E-state index contributed by atoms with van der Waals surface area (Å²) in [6.07, 6.45) is -11.1. The molecule has 22 heavy (non-hydrogen) atoms. The molecule has 0 bridgehead atoms. The zero-order valence-electron chi connectivity index (χ0n) is 10.8. The summed E-state index contributed by atoms with van der Waals surface area (Å²) in [5, 5.41) is 22.4. The number of carbonyl (C=O) groups is 3. The van der Waals surface area contributed by atoms with Crippen LogP contribution in [-0.4, -0.2) is 70.7 Å². The van der Waals surface area contributed by atoms with Gasteiger partial charge >= 0.3 is 30.4 Å². The topological polar surface area (TPSA) is 141 Å². The second kappa shape index (κ2) is 10.5. The first-order valence-electron chi connectivity index (χ1n) is 4.81. The van der Waals surface area contributed by atoms with Gasteiger partial charge in [-0.1, -0.05) is 0 Å². The molecule has 0 fully saturated rings. The molecule has 0 aliphatic carbocycles. The first kappa shape index (κ1) is 24.7. The Morgan fingerprint density at radius 3 is 1.18 bits per heavy atom. The van der Waals surface area contributed by atoms with E-state index in [0.29, 0.717) is 13.1 Å². The van der Waals surface area contributed by atoms with Gasteiger partial charge in [-0.3, -0.25) is 0 Å². The van der Waals surface area contributed by atoms with Gasteiger partial charge in [0.15, 0.2) is 0 Å². The number of halogens is 6. The summed E-state index contributed by atoms with van der Waals surface area (Å²) in [5.41, 5.74) is 5.06. The summed E-state index contributed by atoms with van der Waals surface area (Å²) >= 11 is 0. The lowest BCUT2D eigenvalue weighted by Gasteiger charge is -2.09. The number of alkyl halides is 6. The Morgan fingerprint density at radius 1 is 0.909 bits per heavy atom. The molecule has 0 aromatic heterocycles. The number of carboxylic acids is 2. The van der Waals surface area contributed by atoms with Gasteiger partial charge < -0.3 is 26.0 Å². The number of carboxylic acid groups (broad SMARTS) is 3. The van der Waals surface area contributed by atoms with E-state index in [4.69, 9.17) is 30.6 Å². The summed E-state index contributed by atoms with van der Waals surface area (Å²) in [6, 6.07) is 0. The van der Waals surface area contributed by atoms with Gasteiger partial charge in [0.05, 0.1) is 0 Å². The highest BCUT2D eigenvalue weighted by atomic mass is 19.4. The molecule has 132 valence electrons. The highest BCUT2D eigenvalue weighted by Crippen LogP contribution is 2.13. The maximum absolute atomic E-state index is 10.6. The standard InChI is InChI=1S/C4H10N2O2.2C2HF3O2/c1-6(3-2-5)4(7)8;2*3-2(4,5)1(6)7/h2-3,5H2,1H3,(H,7,8);2*(H,6,7). The number of likely N-dealkylation sites (N-methyl/N-ethyl adjacent to an activating group) is 1. The molecule has 0 saturated heterocycles. The third-order valence-corrected chi connectivity index (χ3v) is 1.28. The van der Waals surface area contributed by atoms with E-state index in [9.17, 15) is 31.1 Å². The Labute approximate surface area is 118 Å². The van der Waals surface area contributed by atoms with Crippen LogP contribution in [0.4, 0.5) is 31.1 Å². The van der Waals surface area contributed by atoms with Crippen LogP contribution in [0.5, 0.6) is 0 Å². The van der Waals surface area contributed by atoms with Crippen LogP contribution in [0.3, 0.4) is 0 Å². The fourth-order valence-corrected chi connectivity index (χ4v) is 0.289. The molecule has 0 aliphatic rings.